The van der Waals surface area contributed by atoms with E-state index in [0.717, 1.165) is 28.8 Å². The molecule has 0 aliphatic carbocycles. The molecule has 152 valence electrons. The second-order valence-corrected chi connectivity index (χ2v) is 7.41. The molecular weight excluding hydrogens is 344 g/mol. The Balaban J connectivity index is 0.00000280. The van der Waals surface area contributed by atoms with Gasteiger partial charge >= 0.3 is 0 Å². The van der Waals surface area contributed by atoms with E-state index in [4.69, 9.17) is 9.72 Å². The fourth-order valence-corrected chi connectivity index (χ4v) is 3.86. The lowest BCUT2D eigenvalue weighted by atomic mass is 10.1. The van der Waals surface area contributed by atoms with Crippen molar-refractivity contribution < 1.29 is 9.30 Å². The van der Waals surface area contributed by atoms with Crippen LogP contribution in [0.15, 0.2) is 42.5 Å². The lowest BCUT2D eigenvalue weighted by molar-refractivity contribution is -0.646. The molecule has 1 aromatic heterocycles. The van der Waals surface area contributed by atoms with Crippen molar-refractivity contribution in [2.75, 3.05) is 7.11 Å². The molecule has 0 amide bonds. The van der Waals surface area contributed by atoms with Crippen LogP contribution in [0, 0.1) is 7.43 Å². The molecule has 3 aromatic rings. The van der Waals surface area contributed by atoms with Crippen molar-refractivity contribution in [3.8, 4) is 5.75 Å². The van der Waals surface area contributed by atoms with Gasteiger partial charge in [0, 0.05) is 18.6 Å². The van der Waals surface area contributed by atoms with Crippen molar-refractivity contribution in [1.82, 2.24) is 4.98 Å². The number of hydrogen-bond acceptors (Lipinski definition) is 2. The smallest absolute Gasteiger partial charge is 0.235 e. The van der Waals surface area contributed by atoms with Crippen LogP contribution in [-0.4, -0.2) is 12.1 Å². The maximum absolute atomic E-state index is 5.55. The molecular formula is C25H36N2O. The molecule has 2 aromatic carbocycles. The van der Waals surface area contributed by atoms with Crippen molar-refractivity contribution >= 4 is 22.1 Å². The van der Waals surface area contributed by atoms with E-state index in [2.05, 4.69) is 47.9 Å². The number of aromatic nitrogens is 2. The van der Waals surface area contributed by atoms with E-state index in [1.807, 2.05) is 6.07 Å². The molecule has 3 rings (SSSR count). The van der Waals surface area contributed by atoms with E-state index in [1.54, 1.807) is 7.11 Å². The molecule has 1 heterocycles. The summed E-state index contributed by atoms with van der Waals surface area (Å²) in [5.41, 5.74) is 4.35. The summed E-state index contributed by atoms with van der Waals surface area (Å²) in [6.07, 6.45) is 12.1. The largest absolute Gasteiger partial charge is 0.494 e. The van der Waals surface area contributed by atoms with Gasteiger partial charge in [0.05, 0.1) is 7.11 Å². The lowest BCUT2D eigenvalue weighted by Crippen LogP contribution is -2.36. The Kier molecular flexibility index (Phi) is 9.19. The molecule has 0 unspecified atom stereocenters. The number of hydrogen-bond donors (Lipinski definition) is 0. The van der Waals surface area contributed by atoms with Gasteiger partial charge in [0.15, 0.2) is 11.3 Å². The predicted octanol–water partition coefficient (Wildman–Crippen LogP) is 6.67. The standard InChI is InChI=1S/C24H33N2O.CH3/c1-3-4-5-6-7-8-9-10-13-19-26-21-16-12-11-15-20(21)25-24-22(26)17-14-18-23(24)27-2;/h11-12,14-18H,3-10,13,19H2,1-2H3;1H3/q+1;-1. The van der Waals surface area contributed by atoms with Crippen LogP contribution in [0.2, 0.25) is 0 Å². The summed E-state index contributed by atoms with van der Waals surface area (Å²) in [6.45, 7) is 3.31. The summed E-state index contributed by atoms with van der Waals surface area (Å²) in [6, 6.07) is 14.6. The number of benzene rings is 2. The van der Waals surface area contributed by atoms with Gasteiger partial charge in [-0.1, -0.05) is 70.1 Å². The number of unbranched alkanes of at least 4 members (excludes halogenated alkanes) is 8. The molecule has 0 saturated carbocycles. The van der Waals surface area contributed by atoms with Crippen LogP contribution in [0.4, 0.5) is 0 Å². The normalized spacial score (nSPS) is 10.9. The molecule has 0 aliphatic rings. The van der Waals surface area contributed by atoms with Gasteiger partial charge in [0.1, 0.15) is 12.1 Å². The molecule has 0 bridgehead atoms. The first-order chi connectivity index (χ1) is 13.3. The quantitative estimate of drug-likeness (QED) is 0.161. The maximum Gasteiger partial charge on any atom is 0.235 e. The van der Waals surface area contributed by atoms with E-state index < -0.39 is 0 Å². The number of para-hydroxylation sites is 3. The summed E-state index contributed by atoms with van der Waals surface area (Å²) in [7, 11) is 1.72. The van der Waals surface area contributed by atoms with Gasteiger partial charge in [-0.05, 0) is 18.6 Å². The molecule has 3 nitrogen and oxygen atoms in total. The number of methoxy groups -OCH3 is 1. The zero-order valence-electron chi connectivity index (χ0n) is 17.9. The zero-order chi connectivity index (χ0) is 18.9. The zero-order valence-corrected chi connectivity index (χ0v) is 17.9. The minimum atomic E-state index is 0. The van der Waals surface area contributed by atoms with E-state index in [0.29, 0.717) is 0 Å². The lowest BCUT2D eigenvalue weighted by Gasteiger charge is -2.08. The Hall–Kier alpha value is -2.16. The number of fused-ring (bicyclic) bond motifs is 2. The average Bonchev–Trinajstić information content (AvgIpc) is 2.71. The second kappa shape index (κ2) is 11.6. The van der Waals surface area contributed by atoms with Crippen LogP contribution in [0.5, 0.6) is 5.75 Å². The third-order valence-electron chi connectivity index (χ3n) is 5.38. The summed E-state index contributed by atoms with van der Waals surface area (Å²) in [5.74, 6) is 0.846. The molecule has 0 fully saturated rings. The Labute approximate surface area is 170 Å². The van der Waals surface area contributed by atoms with Crippen LogP contribution in [0.25, 0.3) is 22.1 Å². The van der Waals surface area contributed by atoms with Crippen LogP contribution in [0.1, 0.15) is 64.7 Å². The van der Waals surface area contributed by atoms with Crippen LogP contribution in [0.3, 0.4) is 0 Å². The second-order valence-electron chi connectivity index (χ2n) is 7.41. The molecule has 0 spiro atoms. The average molecular weight is 381 g/mol. The Bertz CT molecular complexity index is 860. The third kappa shape index (κ3) is 5.43. The summed E-state index contributed by atoms with van der Waals surface area (Å²) in [5, 5.41) is 0. The molecule has 0 radical (unpaired) electrons. The van der Waals surface area contributed by atoms with Crippen molar-refractivity contribution in [3.05, 3.63) is 49.9 Å². The number of nitrogens with zero attached hydrogens (tertiary/aromatic N) is 2. The molecule has 28 heavy (non-hydrogen) atoms. The van der Waals surface area contributed by atoms with Crippen LogP contribution in [-0.2, 0) is 6.54 Å². The Morgan fingerprint density at radius 2 is 1.43 bits per heavy atom. The minimum Gasteiger partial charge on any atom is -0.494 e. The molecule has 0 N–H and O–H groups in total. The van der Waals surface area contributed by atoms with Gasteiger partial charge in [-0.15, -0.1) is 0 Å². The van der Waals surface area contributed by atoms with Crippen molar-refractivity contribution in [3.63, 3.8) is 0 Å². The number of aryl methyl sites for hydroxylation is 1. The highest BCUT2D eigenvalue weighted by atomic mass is 16.5. The van der Waals surface area contributed by atoms with Crippen LogP contribution < -0.4 is 9.30 Å². The van der Waals surface area contributed by atoms with Gasteiger partial charge in [-0.3, -0.25) is 0 Å². The Morgan fingerprint density at radius 3 is 2.14 bits per heavy atom. The first-order valence-electron chi connectivity index (χ1n) is 10.6. The number of rotatable bonds is 11. The van der Waals surface area contributed by atoms with E-state index in [-0.39, 0.29) is 7.43 Å². The van der Waals surface area contributed by atoms with Crippen molar-refractivity contribution in [2.24, 2.45) is 0 Å². The summed E-state index contributed by atoms with van der Waals surface area (Å²) in [4.78, 5) is 4.86. The van der Waals surface area contributed by atoms with Crippen molar-refractivity contribution in [1.29, 1.82) is 0 Å². The number of ether oxygens (including phenoxy) is 1. The first-order valence-corrected chi connectivity index (χ1v) is 10.6. The molecule has 0 aliphatic heterocycles. The summed E-state index contributed by atoms with van der Waals surface area (Å²) >= 11 is 0. The highest BCUT2D eigenvalue weighted by Crippen LogP contribution is 2.23. The molecule has 0 saturated heterocycles. The van der Waals surface area contributed by atoms with E-state index in [9.17, 15) is 0 Å². The molecule has 0 atom stereocenters. The minimum absolute atomic E-state index is 0. The summed E-state index contributed by atoms with van der Waals surface area (Å²) < 4.78 is 7.97. The fourth-order valence-electron chi connectivity index (χ4n) is 3.86. The van der Waals surface area contributed by atoms with Crippen LogP contribution >= 0.6 is 0 Å². The predicted molar refractivity (Wildman–Crippen MR) is 120 cm³/mol. The van der Waals surface area contributed by atoms with Gasteiger partial charge in [-0.25, -0.2) is 4.98 Å². The van der Waals surface area contributed by atoms with E-state index in [1.165, 1.54) is 63.3 Å². The highest BCUT2D eigenvalue weighted by Gasteiger charge is 2.18. The maximum atomic E-state index is 5.55. The Morgan fingerprint density at radius 1 is 0.786 bits per heavy atom. The van der Waals surface area contributed by atoms with Gasteiger partial charge in [0.2, 0.25) is 11.0 Å². The SMILES string of the molecule is CCCCCCCCCCC[n+]1c2ccccc2nc2c(OC)cccc21.[CH3-]. The molecule has 3 heteroatoms. The highest BCUT2D eigenvalue weighted by molar-refractivity contribution is 5.85. The van der Waals surface area contributed by atoms with Crippen molar-refractivity contribution in [2.45, 2.75) is 71.3 Å². The van der Waals surface area contributed by atoms with Gasteiger partial charge < -0.3 is 12.2 Å². The monoisotopic (exact) mass is 380 g/mol. The van der Waals surface area contributed by atoms with Gasteiger partial charge in [0.25, 0.3) is 0 Å². The third-order valence-corrected chi connectivity index (χ3v) is 5.38. The topological polar surface area (TPSA) is 26.0 Å². The van der Waals surface area contributed by atoms with E-state index >= 15 is 0 Å². The van der Waals surface area contributed by atoms with Gasteiger partial charge in [-0.2, -0.15) is 4.57 Å². The fraction of sp³-hybridized carbons (Fsp3) is 0.480. The first kappa shape index (κ1) is 22.1.